The Balaban J connectivity index is 2.32. The summed E-state index contributed by atoms with van der Waals surface area (Å²) in [5.41, 5.74) is -0.942. The second kappa shape index (κ2) is 5.67. The van der Waals surface area contributed by atoms with Gasteiger partial charge < -0.3 is 0 Å². The molecule has 0 atom stereocenters. The van der Waals surface area contributed by atoms with Crippen LogP contribution >= 0.6 is 0 Å². The first-order chi connectivity index (χ1) is 10.1. The Labute approximate surface area is 124 Å². The van der Waals surface area contributed by atoms with Crippen LogP contribution in [0.5, 0.6) is 0 Å². The number of alkyl halides is 3. The smallest absolute Gasteiger partial charge is 0.244 e. The van der Waals surface area contributed by atoms with Crippen molar-refractivity contribution in [1.29, 1.82) is 0 Å². The van der Waals surface area contributed by atoms with Crippen LogP contribution < -0.4 is 0 Å². The third-order valence-electron chi connectivity index (χ3n) is 2.91. The molecule has 0 N–H and O–H groups in total. The molecular weight excluding hydrogens is 321 g/mol. The van der Waals surface area contributed by atoms with Crippen LogP contribution in [0.15, 0.2) is 23.5 Å². The Morgan fingerprint density at radius 2 is 1.95 bits per heavy atom. The number of pyridine rings is 1. The van der Waals surface area contributed by atoms with E-state index in [0.29, 0.717) is 12.7 Å². The van der Waals surface area contributed by atoms with Gasteiger partial charge in [-0.25, -0.2) is 13.4 Å². The van der Waals surface area contributed by atoms with Crippen molar-refractivity contribution in [1.82, 2.24) is 20.0 Å². The van der Waals surface area contributed by atoms with E-state index in [0.717, 1.165) is 6.07 Å². The third kappa shape index (κ3) is 3.43. The zero-order valence-electron chi connectivity index (χ0n) is 11.8. The summed E-state index contributed by atoms with van der Waals surface area (Å²) < 4.78 is 62.3. The molecule has 22 heavy (non-hydrogen) atoms. The number of aryl methyl sites for hydroxylation is 2. The highest BCUT2D eigenvalue weighted by atomic mass is 32.2. The highest BCUT2D eigenvalue weighted by Crippen LogP contribution is 2.32. The molecule has 120 valence electrons. The maximum atomic E-state index is 12.7. The summed E-state index contributed by atoms with van der Waals surface area (Å²) in [6.07, 6.45) is -2.73. The molecule has 0 aliphatic heterocycles. The fourth-order valence-electron chi connectivity index (χ4n) is 1.82. The van der Waals surface area contributed by atoms with Crippen LogP contribution in [0.3, 0.4) is 0 Å². The van der Waals surface area contributed by atoms with Crippen LogP contribution in [-0.4, -0.2) is 28.4 Å². The van der Waals surface area contributed by atoms with E-state index in [2.05, 4.69) is 15.2 Å². The monoisotopic (exact) mass is 334 g/mol. The molecule has 0 saturated heterocycles. The van der Waals surface area contributed by atoms with E-state index in [1.165, 1.54) is 17.9 Å². The molecule has 2 aromatic rings. The zero-order chi connectivity index (χ0) is 16.5. The van der Waals surface area contributed by atoms with Crippen LogP contribution in [0.25, 0.3) is 0 Å². The fourth-order valence-corrected chi connectivity index (χ4v) is 3.06. The van der Waals surface area contributed by atoms with Crippen LogP contribution in [-0.2, 0) is 28.3 Å². The van der Waals surface area contributed by atoms with E-state index in [1.807, 2.05) is 0 Å². The SMILES string of the molecule is CCn1ncc(CS(=O)(=O)c2cc(C)c(C(F)(F)F)cn2)n1. The van der Waals surface area contributed by atoms with Crippen molar-refractivity contribution in [3.05, 3.63) is 35.3 Å². The maximum Gasteiger partial charge on any atom is 0.418 e. The summed E-state index contributed by atoms with van der Waals surface area (Å²) in [7, 11) is -3.89. The quantitative estimate of drug-likeness (QED) is 0.854. The molecule has 0 amide bonds. The lowest BCUT2D eigenvalue weighted by molar-refractivity contribution is -0.138. The van der Waals surface area contributed by atoms with Crippen LogP contribution in [0.1, 0.15) is 23.7 Å². The van der Waals surface area contributed by atoms with E-state index < -0.39 is 32.4 Å². The Hall–Kier alpha value is -1.97. The molecule has 2 aromatic heterocycles. The van der Waals surface area contributed by atoms with Crippen molar-refractivity contribution in [2.24, 2.45) is 0 Å². The topological polar surface area (TPSA) is 77.7 Å². The standard InChI is InChI=1S/C12H13F3N4O2S/c1-3-19-17-5-9(18-19)7-22(20,21)11-4-8(2)10(6-16-11)12(13,14)15/h4-6H,3,7H2,1-2H3. The van der Waals surface area contributed by atoms with E-state index in [-0.39, 0.29) is 11.3 Å². The van der Waals surface area contributed by atoms with E-state index in [9.17, 15) is 21.6 Å². The van der Waals surface area contributed by atoms with Gasteiger partial charge in [-0.3, -0.25) is 0 Å². The van der Waals surface area contributed by atoms with Gasteiger partial charge in [0, 0.05) is 6.20 Å². The van der Waals surface area contributed by atoms with E-state index in [1.54, 1.807) is 6.92 Å². The highest BCUT2D eigenvalue weighted by molar-refractivity contribution is 7.90. The van der Waals surface area contributed by atoms with Crippen molar-refractivity contribution in [3.8, 4) is 0 Å². The molecule has 10 heteroatoms. The first kappa shape index (κ1) is 16.4. The van der Waals surface area contributed by atoms with E-state index >= 15 is 0 Å². The number of hydrogen-bond donors (Lipinski definition) is 0. The molecule has 0 spiro atoms. The summed E-state index contributed by atoms with van der Waals surface area (Å²) in [5, 5.41) is 7.37. The third-order valence-corrected chi connectivity index (χ3v) is 4.45. The summed E-state index contributed by atoms with van der Waals surface area (Å²) in [5.74, 6) is -0.467. The summed E-state index contributed by atoms with van der Waals surface area (Å²) in [6.45, 7) is 3.47. The van der Waals surface area contributed by atoms with Gasteiger partial charge in [0.15, 0.2) is 5.03 Å². The molecule has 0 saturated carbocycles. The number of aromatic nitrogens is 4. The van der Waals surface area contributed by atoms with Gasteiger partial charge in [-0.1, -0.05) is 0 Å². The van der Waals surface area contributed by atoms with Crippen molar-refractivity contribution in [2.75, 3.05) is 0 Å². The van der Waals surface area contributed by atoms with Gasteiger partial charge in [0.1, 0.15) is 5.75 Å². The van der Waals surface area contributed by atoms with Crippen LogP contribution in [0.2, 0.25) is 0 Å². The van der Waals surface area contributed by atoms with Gasteiger partial charge in [-0.15, -0.1) is 0 Å². The zero-order valence-corrected chi connectivity index (χ0v) is 12.6. The highest BCUT2D eigenvalue weighted by Gasteiger charge is 2.33. The lowest BCUT2D eigenvalue weighted by Gasteiger charge is -2.10. The average Bonchev–Trinajstić information content (AvgIpc) is 2.84. The van der Waals surface area contributed by atoms with Crippen molar-refractivity contribution >= 4 is 9.84 Å². The summed E-state index contributed by atoms with van der Waals surface area (Å²) in [4.78, 5) is 4.75. The maximum absolute atomic E-state index is 12.7. The summed E-state index contributed by atoms with van der Waals surface area (Å²) in [6, 6.07) is 0.919. The second-order valence-corrected chi connectivity index (χ2v) is 6.56. The summed E-state index contributed by atoms with van der Waals surface area (Å²) >= 11 is 0. The largest absolute Gasteiger partial charge is 0.418 e. The van der Waals surface area contributed by atoms with Crippen LogP contribution in [0, 0.1) is 6.92 Å². The van der Waals surface area contributed by atoms with Gasteiger partial charge in [-0.05, 0) is 25.5 Å². The van der Waals surface area contributed by atoms with Crippen LogP contribution in [0.4, 0.5) is 13.2 Å². The fraction of sp³-hybridized carbons (Fsp3) is 0.417. The number of sulfone groups is 1. The molecule has 0 fully saturated rings. The molecule has 0 bridgehead atoms. The molecule has 0 aliphatic carbocycles. The Morgan fingerprint density at radius 3 is 2.45 bits per heavy atom. The number of halogens is 3. The lowest BCUT2D eigenvalue weighted by atomic mass is 10.1. The van der Waals surface area contributed by atoms with Gasteiger partial charge in [0.25, 0.3) is 0 Å². The lowest BCUT2D eigenvalue weighted by Crippen LogP contribution is -2.12. The first-order valence-electron chi connectivity index (χ1n) is 6.29. The number of nitrogens with zero attached hydrogens (tertiary/aromatic N) is 4. The molecule has 0 aromatic carbocycles. The van der Waals surface area contributed by atoms with Crippen molar-refractivity contribution in [3.63, 3.8) is 0 Å². The minimum absolute atomic E-state index is 0.196. The molecule has 0 unspecified atom stereocenters. The predicted molar refractivity (Wildman–Crippen MR) is 70.6 cm³/mol. The minimum atomic E-state index is -4.57. The molecule has 2 rings (SSSR count). The van der Waals surface area contributed by atoms with Gasteiger partial charge in [0.2, 0.25) is 9.84 Å². The first-order valence-corrected chi connectivity index (χ1v) is 7.94. The second-order valence-electron chi connectivity index (χ2n) is 4.62. The predicted octanol–water partition coefficient (Wildman–Crippen LogP) is 1.99. The minimum Gasteiger partial charge on any atom is -0.244 e. The van der Waals surface area contributed by atoms with Gasteiger partial charge >= 0.3 is 6.18 Å². The Kier molecular flexibility index (Phi) is 4.23. The average molecular weight is 334 g/mol. The van der Waals surface area contributed by atoms with Gasteiger partial charge in [-0.2, -0.15) is 28.2 Å². The molecular formula is C12H13F3N4O2S. The molecule has 0 aliphatic rings. The molecule has 0 radical (unpaired) electrons. The Bertz CT molecular complexity index is 784. The van der Waals surface area contributed by atoms with Crippen molar-refractivity contribution < 1.29 is 21.6 Å². The number of rotatable bonds is 4. The van der Waals surface area contributed by atoms with Gasteiger partial charge in [0.05, 0.1) is 24.0 Å². The van der Waals surface area contributed by atoms with E-state index in [4.69, 9.17) is 0 Å². The number of hydrogen-bond acceptors (Lipinski definition) is 5. The molecule has 6 nitrogen and oxygen atoms in total. The Morgan fingerprint density at radius 1 is 1.27 bits per heavy atom. The normalized spacial score (nSPS) is 12.6. The molecule has 2 heterocycles. The van der Waals surface area contributed by atoms with Crippen molar-refractivity contribution in [2.45, 2.75) is 37.3 Å².